The minimum atomic E-state index is -3.11. The standard InChI is InChI=1S/C17H25ClFN3O2S/c1-4-20-16(22-10-11-25(23,24)17(2,3)12-22)21-9-8-13-14(18)6-5-7-15(13)19/h5-7H,4,8-12H2,1-3H3,(H,20,21). The lowest BCUT2D eigenvalue weighted by atomic mass is 10.1. The molecule has 1 aromatic carbocycles. The van der Waals surface area contributed by atoms with Crippen molar-refractivity contribution in [3.05, 3.63) is 34.6 Å². The molecule has 1 N–H and O–H groups in total. The Morgan fingerprint density at radius 2 is 2.16 bits per heavy atom. The van der Waals surface area contributed by atoms with Crippen LogP contribution in [0.1, 0.15) is 26.3 Å². The SMILES string of the molecule is CCNC(=NCCc1c(F)cccc1Cl)N1CCS(=O)(=O)C(C)(C)C1. The van der Waals surface area contributed by atoms with Crippen LogP contribution in [0.5, 0.6) is 0 Å². The van der Waals surface area contributed by atoms with Gasteiger partial charge >= 0.3 is 0 Å². The van der Waals surface area contributed by atoms with E-state index < -0.39 is 14.6 Å². The van der Waals surface area contributed by atoms with E-state index in [4.69, 9.17) is 11.6 Å². The summed E-state index contributed by atoms with van der Waals surface area (Å²) in [5.74, 6) is 0.416. The second-order valence-electron chi connectivity index (χ2n) is 6.69. The van der Waals surface area contributed by atoms with Crippen LogP contribution >= 0.6 is 11.6 Å². The molecule has 2 rings (SSSR count). The molecule has 0 amide bonds. The van der Waals surface area contributed by atoms with Gasteiger partial charge < -0.3 is 10.2 Å². The Balaban J connectivity index is 2.11. The number of nitrogens with zero attached hydrogens (tertiary/aromatic N) is 2. The fourth-order valence-corrected chi connectivity index (χ4v) is 4.42. The summed E-state index contributed by atoms with van der Waals surface area (Å²) in [6.45, 7) is 7.23. The Bertz CT molecular complexity index is 730. The molecule has 8 heteroatoms. The van der Waals surface area contributed by atoms with E-state index in [-0.39, 0.29) is 11.6 Å². The van der Waals surface area contributed by atoms with Crippen molar-refractivity contribution in [3.8, 4) is 0 Å². The lowest BCUT2D eigenvalue weighted by Crippen LogP contribution is -2.57. The molecule has 0 aromatic heterocycles. The average Bonchev–Trinajstić information content (AvgIpc) is 2.52. The number of hydrogen-bond acceptors (Lipinski definition) is 3. The number of halogens is 2. The van der Waals surface area contributed by atoms with E-state index >= 15 is 0 Å². The summed E-state index contributed by atoms with van der Waals surface area (Å²) in [5, 5.41) is 3.58. The Morgan fingerprint density at radius 3 is 2.76 bits per heavy atom. The van der Waals surface area contributed by atoms with Crippen molar-refractivity contribution < 1.29 is 12.8 Å². The lowest BCUT2D eigenvalue weighted by Gasteiger charge is -2.39. The van der Waals surface area contributed by atoms with Crippen molar-refractivity contribution in [2.75, 3.05) is 31.9 Å². The van der Waals surface area contributed by atoms with E-state index in [0.29, 0.717) is 49.1 Å². The Kier molecular flexibility index (Phi) is 6.32. The summed E-state index contributed by atoms with van der Waals surface area (Å²) >= 11 is 6.04. The predicted octanol–water partition coefficient (Wildman–Crippen LogP) is 2.50. The molecule has 0 unspecified atom stereocenters. The summed E-state index contributed by atoms with van der Waals surface area (Å²) in [6, 6.07) is 4.62. The zero-order chi connectivity index (χ0) is 18.7. The highest BCUT2D eigenvalue weighted by molar-refractivity contribution is 7.92. The van der Waals surface area contributed by atoms with E-state index in [2.05, 4.69) is 10.3 Å². The van der Waals surface area contributed by atoms with Gasteiger partial charge in [-0.25, -0.2) is 12.8 Å². The molecule has 1 aliphatic rings. The molecular formula is C17H25ClFN3O2S. The highest BCUT2D eigenvalue weighted by Crippen LogP contribution is 2.24. The first-order chi connectivity index (χ1) is 11.7. The number of rotatable bonds is 4. The van der Waals surface area contributed by atoms with Gasteiger partial charge in [0.15, 0.2) is 15.8 Å². The maximum atomic E-state index is 13.8. The molecule has 0 saturated carbocycles. The Labute approximate surface area is 154 Å². The van der Waals surface area contributed by atoms with Gasteiger partial charge in [0.2, 0.25) is 0 Å². The smallest absolute Gasteiger partial charge is 0.194 e. The molecule has 0 bridgehead atoms. The van der Waals surface area contributed by atoms with E-state index in [1.165, 1.54) is 6.07 Å². The van der Waals surface area contributed by atoms with Crippen molar-refractivity contribution in [2.45, 2.75) is 31.9 Å². The molecular weight excluding hydrogens is 365 g/mol. The van der Waals surface area contributed by atoms with Gasteiger partial charge in [-0.05, 0) is 39.3 Å². The number of sulfone groups is 1. The van der Waals surface area contributed by atoms with Crippen LogP contribution in [0.3, 0.4) is 0 Å². The van der Waals surface area contributed by atoms with Crippen LogP contribution in [0.15, 0.2) is 23.2 Å². The minimum absolute atomic E-state index is 0.101. The highest BCUT2D eigenvalue weighted by atomic mass is 35.5. The van der Waals surface area contributed by atoms with Gasteiger partial charge in [0.1, 0.15) is 5.82 Å². The maximum Gasteiger partial charge on any atom is 0.194 e. The van der Waals surface area contributed by atoms with Gasteiger partial charge in [-0.15, -0.1) is 0 Å². The summed E-state index contributed by atoms with van der Waals surface area (Å²) in [7, 11) is -3.11. The number of guanidine groups is 1. The predicted molar refractivity (Wildman–Crippen MR) is 101 cm³/mol. The van der Waals surface area contributed by atoms with Crippen molar-refractivity contribution in [2.24, 2.45) is 4.99 Å². The molecule has 1 aromatic rings. The Hall–Kier alpha value is -1.34. The second-order valence-corrected chi connectivity index (χ2v) is 9.84. The van der Waals surface area contributed by atoms with Crippen LogP contribution in [0, 0.1) is 5.82 Å². The number of hydrogen-bond donors (Lipinski definition) is 1. The third kappa shape index (κ3) is 4.64. The van der Waals surface area contributed by atoms with Crippen LogP contribution < -0.4 is 5.32 Å². The van der Waals surface area contributed by atoms with Gasteiger partial charge in [-0.2, -0.15) is 0 Å². The molecule has 25 heavy (non-hydrogen) atoms. The third-order valence-corrected chi connectivity index (χ3v) is 7.25. The van der Waals surface area contributed by atoms with Gasteiger partial charge in [0.25, 0.3) is 0 Å². The second kappa shape index (κ2) is 7.91. The monoisotopic (exact) mass is 389 g/mol. The number of aliphatic imine (C=N–C) groups is 1. The van der Waals surface area contributed by atoms with Gasteiger partial charge in [0, 0.05) is 36.8 Å². The molecule has 1 fully saturated rings. The van der Waals surface area contributed by atoms with E-state index in [1.807, 2.05) is 11.8 Å². The van der Waals surface area contributed by atoms with E-state index in [1.54, 1.807) is 26.0 Å². The zero-order valence-corrected chi connectivity index (χ0v) is 16.4. The van der Waals surface area contributed by atoms with Crippen molar-refractivity contribution in [3.63, 3.8) is 0 Å². The molecule has 140 valence electrons. The number of nitrogens with one attached hydrogen (secondary N) is 1. The topological polar surface area (TPSA) is 61.8 Å². The van der Waals surface area contributed by atoms with Crippen LogP contribution in [0.2, 0.25) is 5.02 Å². The first kappa shape index (κ1) is 20.0. The summed E-state index contributed by atoms with van der Waals surface area (Å²) in [4.78, 5) is 6.49. The molecule has 0 spiro atoms. The van der Waals surface area contributed by atoms with Crippen LogP contribution in [-0.4, -0.2) is 56.0 Å². The fraction of sp³-hybridized carbons (Fsp3) is 0.588. The highest BCUT2D eigenvalue weighted by Gasteiger charge is 2.40. The minimum Gasteiger partial charge on any atom is -0.357 e. The van der Waals surface area contributed by atoms with Gasteiger partial charge in [-0.1, -0.05) is 17.7 Å². The van der Waals surface area contributed by atoms with Crippen LogP contribution in [0.4, 0.5) is 4.39 Å². The summed E-state index contributed by atoms with van der Waals surface area (Å²) < 4.78 is 37.3. The van der Waals surface area contributed by atoms with E-state index in [0.717, 1.165) is 0 Å². The maximum absolute atomic E-state index is 13.8. The molecule has 0 aliphatic carbocycles. The third-order valence-electron chi connectivity index (χ3n) is 4.36. The number of benzene rings is 1. The molecule has 1 aliphatic heterocycles. The van der Waals surface area contributed by atoms with Crippen LogP contribution in [0.25, 0.3) is 0 Å². The first-order valence-corrected chi connectivity index (χ1v) is 10.4. The van der Waals surface area contributed by atoms with Crippen molar-refractivity contribution in [1.82, 2.24) is 10.2 Å². The molecule has 1 saturated heterocycles. The summed E-state index contributed by atoms with van der Waals surface area (Å²) in [5.41, 5.74) is 0.449. The van der Waals surface area contributed by atoms with Crippen LogP contribution in [-0.2, 0) is 16.3 Å². The zero-order valence-electron chi connectivity index (χ0n) is 14.8. The fourth-order valence-electron chi connectivity index (χ4n) is 2.80. The van der Waals surface area contributed by atoms with E-state index in [9.17, 15) is 12.8 Å². The lowest BCUT2D eigenvalue weighted by molar-refractivity contribution is 0.353. The van der Waals surface area contributed by atoms with Crippen molar-refractivity contribution in [1.29, 1.82) is 0 Å². The average molecular weight is 390 g/mol. The normalized spacial score (nSPS) is 19.7. The largest absolute Gasteiger partial charge is 0.357 e. The Morgan fingerprint density at radius 1 is 1.44 bits per heavy atom. The first-order valence-electron chi connectivity index (χ1n) is 8.36. The molecule has 0 radical (unpaired) electrons. The van der Waals surface area contributed by atoms with Crippen molar-refractivity contribution >= 4 is 27.4 Å². The summed E-state index contributed by atoms with van der Waals surface area (Å²) in [6.07, 6.45) is 0.385. The molecule has 1 heterocycles. The molecule has 5 nitrogen and oxygen atoms in total. The quantitative estimate of drug-likeness (QED) is 0.634. The molecule has 0 atom stereocenters. The van der Waals surface area contributed by atoms with Gasteiger partial charge in [-0.3, -0.25) is 4.99 Å². The van der Waals surface area contributed by atoms with Gasteiger partial charge in [0.05, 0.1) is 10.5 Å².